The normalized spacial score (nSPS) is 12.2. The first-order chi connectivity index (χ1) is 9.69. The van der Waals surface area contributed by atoms with Crippen LogP contribution < -0.4 is 10.1 Å². The lowest BCUT2D eigenvalue weighted by molar-refractivity contribution is 0.406. The van der Waals surface area contributed by atoms with Gasteiger partial charge < -0.3 is 10.1 Å². The molecule has 0 heterocycles. The minimum atomic E-state index is 0.408. The Bertz CT molecular complexity index is 536. The summed E-state index contributed by atoms with van der Waals surface area (Å²) in [6, 6.07) is 17.2. The Hall–Kier alpha value is -1.80. The van der Waals surface area contributed by atoms with Gasteiger partial charge in [-0.3, -0.25) is 0 Å². The Balaban J connectivity index is 1.94. The van der Waals surface area contributed by atoms with E-state index in [9.17, 15) is 0 Å². The van der Waals surface area contributed by atoms with E-state index < -0.39 is 0 Å². The number of benzene rings is 2. The van der Waals surface area contributed by atoms with E-state index in [-0.39, 0.29) is 0 Å². The van der Waals surface area contributed by atoms with E-state index >= 15 is 0 Å². The van der Waals surface area contributed by atoms with Gasteiger partial charge in [0.25, 0.3) is 0 Å². The molecule has 0 bridgehead atoms. The first-order valence-corrected chi connectivity index (χ1v) is 7.10. The van der Waals surface area contributed by atoms with Crippen molar-refractivity contribution in [3.05, 3.63) is 65.2 Å². The summed E-state index contributed by atoms with van der Waals surface area (Å²) < 4.78 is 5.44. The van der Waals surface area contributed by atoms with Gasteiger partial charge in [0.05, 0.1) is 7.11 Å². The highest BCUT2D eigenvalue weighted by atomic mass is 16.5. The fourth-order valence-corrected chi connectivity index (χ4v) is 2.36. The molecule has 2 heteroatoms. The quantitative estimate of drug-likeness (QED) is 0.863. The van der Waals surface area contributed by atoms with Crippen LogP contribution in [0, 0.1) is 6.92 Å². The van der Waals surface area contributed by atoms with Gasteiger partial charge in [-0.05, 0) is 37.5 Å². The molecule has 0 saturated carbocycles. The van der Waals surface area contributed by atoms with Gasteiger partial charge in [0.2, 0.25) is 0 Å². The van der Waals surface area contributed by atoms with Crippen molar-refractivity contribution in [2.24, 2.45) is 0 Å². The molecular formula is C18H23NO. The van der Waals surface area contributed by atoms with E-state index in [4.69, 9.17) is 4.74 Å². The third-order valence-corrected chi connectivity index (χ3v) is 3.46. The van der Waals surface area contributed by atoms with Crippen LogP contribution in [-0.4, -0.2) is 13.2 Å². The monoisotopic (exact) mass is 269 g/mol. The molecule has 106 valence electrons. The van der Waals surface area contributed by atoms with Crippen molar-refractivity contribution in [3.8, 4) is 5.75 Å². The Labute approximate surface area is 121 Å². The molecule has 1 atom stereocenters. The number of ether oxygens (including phenoxy) is 1. The first kappa shape index (κ1) is 14.6. The molecule has 2 aromatic rings. The highest BCUT2D eigenvalue weighted by Crippen LogP contribution is 2.21. The van der Waals surface area contributed by atoms with Crippen LogP contribution in [0.3, 0.4) is 0 Å². The van der Waals surface area contributed by atoms with Crippen LogP contribution in [0.5, 0.6) is 5.75 Å². The standard InChI is InChI=1S/C18H23NO/c1-14-9-10-18(20-3)17(11-14)12-15(2)19-13-16-7-5-4-6-8-16/h4-11,15,19H,12-13H2,1-3H3. The van der Waals surface area contributed by atoms with E-state index in [0.29, 0.717) is 6.04 Å². The summed E-state index contributed by atoms with van der Waals surface area (Å²) >= 11 is 0. The number of hydrogen-bond donors (Lipinski definition) is 1. The van der Waals surface area contributed by atoms with Crippen LogP contribution in [-0.2, 0) is 13.0 Å². The Morgan fingerprint density at radius 3 is 2.55 bits per heavy atom. The summed E-state index contributed by atoms with van der Waals surface area (Å²) in [5, 5.41) is 3.56. The summed E-state index contributed by atoms with van der Waals surface area (Å²) in [5.74, 6) is 0.976. The predicted octanol–water partition coefficient (Wildman–Crippen LogP) is 3.72. The van der Waals surface area contributed by atoms with Gasteiger partial charge in [0.1, 0.15) is 5.75 Å². The van der Waals surface area contributed by atoms with Crippen molar-refractivity contribution in [2.45, 2.75) is 32.9 Å². The average Bonchev–Trinajstić information content (AvgIpc) is 2.46. The lowest BCUT2D eigenvalue weighted by Gasteiger charge is -2.16. The molecule has 1 unspecified atom stereocenters. The molecule has 0 aliphatic carbocycles. The Morgan fingerprint density at radius 1 is 1.10 bits per heavy atom. The molecule has 2 nitrogen and oxygen atoms in total. The van der Waals surface area contributed by atoms with Gasteiger partial charge in [0.15, 0.2) is 0 Å². The molecule has 2 aromatic carbocycles. The van der Waals surface area contributed by atoms with E-state index in [1.807, 2.05) is 6.07 Å². The van der Waals surface area contributed by atoms with Crippen molar-refractivity contribution in [1.29, 1.82) is 0 Å². The molecule has 0 fully saturated rings. The van der Waals surface area contributed by atoms with Gasteiger partial charge in [0, 0.05) is 12.6 Å². The van der Waals surface area contributed by atoms with E-state index in [1.165, 1.54) is 16.7 Å². The fraction of sp³-hybridized carbons (Fsp3) is 0.333. The van der Waals surface area contributed by atoms with Crippen molar-refractivity contribution in [3.63, 3.8) is 0 Å². The van der Waals surface area contributed by atoms with Gasteiger partial charge >= 0.3 is 0 Å². The minimum absolute atomic E-state index is 0.408. The fourth-order valence-electron chi connectivity index (χ4n) is 2.36. The second-order valence-electron chi connectivity index (χ2n) is 5.29. The summed E-state index contributed by atoms with van der Waals surface area (Å²) in [5.41, 5.74) is 3.85. The second-order valence-corrected chi connectivity index (χ2v) is 5.29. The van der Waals surface area contributed by atoms with Crippen LogP contribution in [0.4, 0.5) is 0 Å². The molecule has 1 N–H and O–H groups in total. The maximum absolute atomic E-state index is 5.44. The molecule has 0 aliphatic heterocycles. The minimum Gasteiger partial charge on any atom is -0.496 e. The summed E-state index contributed by atoms with van der Waals surface area (Å²) in [7, 11) is 1.73. The van der Waals surface area contributed by atoms with Crippen LogP contribution in [0.1, 0.15) is 23.6 Å². The molecule has 2 rings (SSSR count). The molecule has 20 heavy (non-hydrogen) atoms. The molecule has 0 radical (unpaired) electrons. The number of hydrogen-bond acceptors (Lipinski definition) is 2. The number of methoxy groups -OCH3 is 1. The Morgan fingerprint density at radius 2 is 1.85 bits per heavy atom. The largest absolute Gasteiger partial charge is 0.496 e. The molecule has 0 aliphatic rings. The van der Waals surface area contributed by atoms with E-state index in [1.54, 1.807) is 7.11 Å². The maximum atomic E-state index is 5.44. The number of aryl methyl sites for hydroxylation is 1. The molecule has 0 spiro atoms. The van der Waals surface area contributed by atoms with Crippen LogP contribution in [0.2, 0.25) is 0 Å². The highest BCUT2D eigenvalue weighted by Gasteiger charge is 2.08. The van der Waals surface area contributed by atoms with Crippen LogP contribution in [0.15, 0.2) is 48.5 Å². The van der Waals surface area contributed by atoms with Crippen molar-refractivity contribution >= 4 is 0 Å². The van der Waals surface area contributed by atoms with Gasteiger partial charge in [-0.15, -0.1) is 0 Å². The van der Waals surface area contributed by atoms with Crippen LogP contribution in [0.25, 0.3) is 0 Å². The topological polar surface area (TPSA) is 21.3 Å². The summed E-state index contributed by atoms with van der Waals surface area (Å²) in [6.07, 6.45) is 0.970. The van der Waals surface area contributed by atoms with E-state index in [2.05, 4.69) is 61.6 Å². The van der Waals surface area contributed by atoms with Crippen molar-refractivity contribution < 1.29 is 4.74 Å². The van der Waals surface area contributed by atoms with E-state index in [0.717, 1.165) is 18.7 Å². The molecule has 0 saturated heterocycles. The lowest BCUT2D eigenvalue weighted by Crippen LogP contribution is -2.27. The van der Waals surface area contributed by atoms with Gasteiger partial charge in [-0.25, -0.2) is 0 Å². The number of rotatable bonds is 6. The maximum Gasteiger partial charge on any atom is 0.122 e. The SMILES string of the molecule is COc1ccc(C)cc1CC(C)NCc1ccccc1. The zero-order valence-electron chi connectivity index (χ0n) is 12.5. The molecule has 0 aromatic heterocycles. The lowest BCUT2D eigenvalue weighted by atomic mass is 10.0. The summed E-state index contributed by atoms with van der Waals surface area (Å²) in [4.78, 5) is 0. The highest BCUT2D eigenvalue weighted by molar-refractivity contribution is 5.37. The Kier molecular flexibility index (Phi) is 5.19. The second kappa shape index (κ2) is 7.11. The zero-order chi connectivity index (χ0) is 14.4. The predicted molar refractivity (Wildman–Crippen MR) is 84.2 cm³/mol. The first-order valence-electron chi connectivity index (χ1n) is 7.10. The third-order valence-electron chi connectivity index (χ3n) is 3.46. The van der Waals surface area contributed by atoms with Crippen molar-refractivity contribution in [1.82, 2.24) is 5.32 Å². The number of nitrogens with one attached hydrogen (secondary N) is 1. The summed E-state index contributed by atoms with van der Waals surface area (Å²) in [6.45, 7) is 5.23. The molecule has 0 amide bonds. The van der Waals surface area contributed by atoms with Crippen molar-refractivity contribution in [2.75, 3.05) is 7.11 Å². The zero-order valence-corrected chi connectivity index (χ0v) is 12.5. The van der Waals surface area contributed by atoms with Gasteiger partial charge in [-0.1, -0.05) is 48.0 Å². The smallest absolute Gasteiger partial charge is 0.122 e. The van der Waals surface area contributed by atoms with Gasteiger partial charge in [-0.2, -0.15) is 0 Å². The third kappa shape index (κ3) is 4.10. The van der Waals surface area contributed by atoms with Crippen LogP contribution >= 0.6 is 0 Å². The average molecular weight is 269 g/mol. The molecular weight excluding hydrogens is 246 g/mol.